The molecule has 2 aromatic rings. The van der Waals surface area contributed by atoms with Gasteiger partial charge in [-0.1, -0.05) is 36.8 Å². The minimum absolute atomic E-state index is 0.00161. The first kappa shape index (κ1) is 51.1. The van der Waals surface area contributed by atoms with Gasteiger partial charge in [0.2, 0.25) is 5.69 Å². The number of allylic oxidation sites excluding steroid dienone is 8. The second-order valence-corrected chi connectivity index (χ2v) is 20.7. The minimum Gasteiger partial charge on any atom is -0.385 e. The number of carbonyl (C=O) groups is 3. The molecule has 3 aliphatic heterocycles. The number of nitrogens with zero attached hydrogens (tertiary/aromatic N) is 3. The number of anilines is 1. The molecule has 18 nitrogen and oxygen atoms in total. The molecule has 2 unspecified atom stereocenters. The number of fused-ring (bicyclic) bond motifs is 2. The molecule has 1 fully saturated rings. The van der Waals surface area contributed by atoms with Crippen molar-refractivity contribution in [1.29, 1.82) is 0 Å². The first-order valence-corrected chi connectivity index (χ1v) is 25.4. The Bertz CT molecular complexity index is 2640. The highest BCUT2D eigenvalue weighted by molar-refractivity contribution is 7.86. The quantitative estimate of drug-likeness (QED) is 0.0415. The first-order valence-electron chi connectivity index (χ1n) is 20.9. The predicted octanol–water partition coefficient (Wildman–Crippen LogP) is 5.39. The molecule has 1 saturated heterocycles. The molecule has 0 spiro atoms. The molecule has 5 rings (SSSR count). The Morgan fingerprint density at radius 1 is 0.754 bits per heavy atom. The summed E-state index contributed by atoms with van der Waals surface area (Å²) in [4.78, 5) is 42.6. The molecule has 3 heterocycles. The van der Waals surface area contributed by atoms with Gasteiger partial charge in [0.05, 0.1) is 21.0 Å². The number of benzene rings is 2. The van der Waals surface area contributed by atoms with Crippen molar-refractivity contribution in [3.8, 4) is 0 Å². The van der Waals surface area contributed by atoms with Crippen LogP contribution < -0.4 is 4.90 Å². The van der Waals surface area contributed by atoms with Crippen molar-refractivity contribution in [2.75, 3.05) is 51.2 Å². The Morgan fingerprint density at radius 3 is 1.95 bits per heavy atom. The van der Waals surface area contributed by atoms with Crippen molar-refractivity contribution in [2.24, 2.45) is 0 Å². The van der Waals surface area contributed by atoms with Gasteiger partial charge in [-0.15, -0.1) is 5.06 Å². The summed E-state index contributed by atoms with van der Waals surface area (Å²) >= 11 is 0. The number of hydrogen-bond acceptors (Lipinski definition) is 13. The van der Waals surface area contributed by atoms with Gasteiger partial charge in [-0.05, 0) is 81.5 Å². The fraction of sp³-hybridized carbons (Fsp3) is 0.455. The highest BCUT2D eigenvalue weighted by atomic mass is 32.2. The summed E-state index contributed by atoms with van der Waals surface area (Å²) in [5.41, 5.74) is 2.51. The Labute approximate surface area is 380 Å². The average Bonchev–Trinajstić information content (AvgIpc) is 3.76. The molecule has 21 heteroatoms. The fourth-order valence-corrected chi connectivity index (χ4v) is 9.92. The molecule has 3 N–H and O–H groups in total. The molecular weight excluding hydrogens is 907 g/mol. The van der Waals surface area contributed by atoms with E-state index in [2.05, 4.69) is 4.90 Å². The maximum atomic E-state index is 12.4. The largest absolute Gasteiger partial charge is 0.385 e. The molecular formula is C44H56N3O15S3+. The molecule has 2 amide bonds. The standard InChI is InChI=1S/C44H55N3O15S3/c1-43(23-27-60-3)34-30-32(64(54,55)56)17-19-36(34)45(25-12-8-11-16-42(50)62-47-40(48)21-22-41(47)49)38(43)14-9-6-5-7-10-15-39-44(2,24-28-61-4)35-31-33(65(57,58)59)18-20-37(35)46(39)26-13-29-63(51,52)53/h5-7,9-10,14-15,17-20,30-31H,8,11-13,16,21-29H2,1-4H3,(H2-,51,52,53,54,55,56,57,58,59)/p+1. The van der Waals surface area contributed by atoms with E-state index in [1.54, 1.807) is 43.5 Å². The molecule has 0 radical (unpaired) electrons. The van der Waals surface area contributed by atoms with E-state index in [-0.39, 0.29) is 48.6 Å². The summed E-state index contributed by atoms with van der Waals surface area (Å²) in [7, 11) is -10.2. The second-order valence-electron chi connectivity index (χ2n) is 16.3. The first-order chi connectivity index (χ1) is 30.5. The van der Waals surface area contributed by atoms with Crippen LogP contribution in [0, 0.1) is 0 Å². The predicted molar refractivity (Wildman–Crippen MR) is 240 cm³/mol. The number of carbonyl (C=O) groups excluding carboxylic acids is 3. The number of unbranched alkanes of at least 4 members (excludes halogenated alkanes) is 2. The van der Waals surface area contributed by atoms with Crippen LogP contribution in [0.3, 0.4) is 0 Å². The average molecular weight is 963 g/mol. The number of rotatable bonds is 23. The number of ether oxygens (including phenoxy) is 2. The van der Waals surface area contributed by atoms with Crippen molar-refractivity contribution in [1.82, 2.24) is 5.06 Å². The van der Waals surface area contributed by atoms with Crippen molar-refractivity contribution >= 4 is 65.2 Å². The van der Waals surface area contributed by atoms with Gasteiger partial charge in [0, 0.05) is 94.2 Å². The molecule has 0 saturated carbocycles. The highest BCUT2D eigenvalue weighted by Crippen LogP contribution is 2.51. The van der Waals surface area contributed by atoms with E-state index in [1.807, 2.05) is 36.7 Å². The topological polar surface area (TPSA) is 251 Å². The Hall–Kier alpha value is -4.87. The molecule has 2 aromatic carbocycles. The summed E-state index contributed by atoms with van der Waals surface area (Å²) in [6.07, 6.45) is 15.2. The van der Waals surface area contributed by atoms with Gasteiger partial charge in [-0.3, -0.25) is 23.2 Å². The fourth-order valence-electron chi connectivity index (χ4n) is 8.42. The van der Waals surface area contributed by atoms with Gasteiger partial charge in [-0.2, -0.15) is 29.8 Å². The van der Waals surface area contributed by atoms with Crippen LogP contribution in [-0.2, 0) is 69.9 Å². The third-order valence-corrected chi connectivity index (χ3v) is 14.3. The summed E-state index contributed by atoms with van der Waals surface area (Å²) in [5, 5.41) is 0.523. The lowest BCUT2D eigenvalue weighted by atomic mass is 9.76. The Morgan fingerprint density at radius 2 is 1.34 bits per heavy atom. The summed E-state index contributed by atoms with van der Waals surface area (Å²) in [6.45, 7) is 5.11. The zero-order valence-corrected chi connectivity index (χ0v) is 39.2. The molecule has 2 atom stereocenters. The van der Waals surface area contributed by atoms with Crippen molar-refractivity contribution in [3.63, 3.8) is 0 Å². The molecule has 0 bridgehead atoms. The van der Waals surface area contributed by atoms with Gasteiger partial charge >= 0.3 is 5.97 Å². The van der Waals surface area contributed by atoms with Crippen LogP contribution in [0.15, 0.2) is 94.4 Å². The maximum absolute atomic E-state index is 12.4. The van der Waals surface area contributed by atoms with Crippen LogP contribution in [-0.4, -0.2) is 118 Å². The van der Waals surface area contributed by atoms with Gasteiger partial charge < -0.3 is 19.2 Å². The summed E-state index contributed by atoms with van der Waals surface area (Å²) in [5.74, 6) is -2.29. The van der Waals surface area contributed by atoms with Gasteiger partial charge in [0.25, 0.3) is 42.2 Å². The van der Waals surface area contributed by atoms with E-state index < -0.39 is 64.7 Å². The van der Waals surface area contributed by atoms with Crippen molar-refractivity contribution in [2.45, 2.75) is 92.3 Å². The monoisotopic (exact) mass is 962 g/mol. The van der Waals surface area contributed by atoms with Crippen LogP contribution in [0.5, 0.6) is 0 Å². The minimum atomic E-state index is -4.55. The van der Waals surface area contributed by atoms with Crippen molar-refractivity contribution in [3.05, 3.63) is 95.8 Å². The van der Waals surface area contributed by atoms with E-state index in [1.165, 1.54) is 31.4 Å². The van der Waals surface area contributed by atoms with E-state index in [9.17, 15) is 53.3 Å². The number of hydrogen-bond donors (Lipinski definition) is 3. The van der Waals surface area contributed by atoms with Crippen LogP contribution in [0.4, 0.5) is 11.4 Å². The zero-order chi connectivity index (χ0) is 47.8. The van der Waals surface area contributed by atoms with Crippen LogP contribution in [0.2, 0.25) is 0 Å². The molecule has 65 heavy (non-hydrogen) atoms. The third kappa shape index (κ3) is 12.3. The Kier molecular flexibility index (Phi) is 16.7. The van der Waals surface area contributed by atoms with Crippen LogP contribution in [0.1, 0.15) is 82.8 Å². The normalized spacial score (nSPS) is 21.0. The maximum Gasteiger partial charge on any atom is 0.333 e. The van der Waals surface area contributed by atoms with E-state index in [0.717, 1.165) is 11.4 Å². The number of imide groups is 1. The lowest BCUT2D eigenvalue weighted by Gasteiger charge is -2.30. The highest BCUT2D eigenvalue weighted by Gasteiger charge is 2.48. The zero-order valence-electron chi connectivity index (χ0n) is 36.7. The molecule has 3 aliphatic rings. The SMILES string of the molecule is COCCC1(C)C(=CC=CC=CC=CC2=[N+](CCCS(=O)(=O)O)c3ccc(S(=O)(=O)O)cc3C2(C)CCOC)N(CCCCCC(=O)ON2C(=O)CCC2=O)c2ccc(S(=O)(=O)O)cc21. The smallest absolute Gasteiger partial charge is 0.333 e. The van der Waals surface area contributed by atoms with Gasteiger partial charge in [-0.25, -0.2) is 4.79 Å². The summed E-state index contributed by atoms with van der Waals surface area (Å²) in [6, 6.07) is 8.68. The molecule has 0 aromatic heterocycles. The van der Waals surface area contributed by atoms with Crippen LogP contribution in [0.25, 0.3) is 0 Å². The molecule has 354 valence electrons. The summed E-state index contributed by atoms with van der Waals surface area (Å²) < 4.78 is 114. The van der Waals surface area contributed by atoms with Crippen molar-refractivity contribution < 1.29 is 72.2 Å². The lowest BCUT2D eigenvalue weighted by molar-refractivity contribution is -0.437. The number of methoxy groups -OCH3 is 2. The molecule has 0 aliphatic carbocycles. The third-order valence-electron chi connectivity index (χ3n) is 11.8. The van der Waals surface area contributed by atoms with Gasteiger partial charge in [0.1, 0.15) is 6.54 Å². The van der Waals surface area contributed by atoms with E-state index >= 15 is 0 Å². The second kappa shape index (κ2) is 21.2. The van der Waals surface area contributed by atoms with E-state index in [0.29, 0.717) is 72.8 Å². The Balaban J connectivity index is 1.41. The van der Waals surface area contributed by atoms with Gasteiger partial charge in [0.15, 0.2) is 5.71 Å². The lowest BCUT2D eigenvalue weighted by Crippen LogP contribution is -2.33. The van der Waals surface area contributed by atoms with Crippen LogP contribution >= 0.6 is 0 Å². The number of amides is 2. The number of hydroxylamine groups is 2. The van der Waals surface area contributed by atoms with E-state index in [4.69, 9.17) is 14.3 Å².